The second kappa shape index (κ2) is 7.86. The molecule has 0 saturated heterocycles. The van der Waals surface area contributed by atoms with Gasteiger partial charge in [0.1, 0.15) is 17.9 Å². The van der Waals surface area contributed by atoms with E-state index in [0.717, 1.165) is 11.3 Å². The van der Waals surface area contributed by atoms with Crippen LogP contribution in [-0.4, -0.2) is 20.6 Å². The van der Waals surface area contributed by atoms with Crippen LogP contribution < -0.4 is 10.2 Å². The van der Waals surface area contributed by atoms with Gasteiger partial charge in [-0.2, -0.15) is 0 Å². The van der Waals surface area contributed by atoms with Gasteiger partial charge >= 0.3 is 5.97 Å². The Morgan fingerprint density at radius 1 is 1.15 bits per heavy atom. The quantitative estimate of drug-likeness (QED) is 0.726. The number of nitrogens with zero attached hydrogens (tertiary/aromatic N) is 2. The van der Waals surface area contributed by atoms with E-state index in [2.05, 4.69) is 4.98 Å². The first-order valence-corrected chi connectivity index (χ1v) is 8.51. The van der Waals surface area contributed by atoms with Crippen LogP contribution in [0.3, 0.4) is 0 Å². The molecular formula is C21H20N2O4. The number of aromatic carboxylic acids is 1. The summed E-state index contributed by atoms with van der Waals surface area (Å²) in [7, 11) is 0. The van der Waals surface area contributed by atoms with Gasteiger partial charge in [0.2, 0.25) is 0 Å². The van der Waals surface area contributed by atoms with Crippen molar-refractivity contribution in [2.24, 2.45) is 0 Å². The van der Waals surface area contributed by atoms with E-state index in [0.29, 0.717) is 23.7 Å². The lowest BCUT2D eigenvalue weighted by Crippen LogP contribution is -2.26. The van der Waals surface area contributed by atoms with Crippen LogP contribution in [0.25, 0.3) is 0 Å². The van der Waals surface area contributed by atoms with Crippen molar-refractivity contribution in [2.75, 3.05) is 0 Å². The van der Waals surface area contributed by atoms with Crippen molar-refractivity contribution in [1.29, 1.82) is 0 Å². The maximum atomic E-state index is 12.3. The van der Waals surface area contributed by atoms with Gasteiger partial charge < -0.3 is 14.4 Å². The van der Waals surface area contributed by atoms with Crippen LogP contribution in [0.2, 0.25) is 0 Å². The lowest BCUT2D eigenvalue weighted by atomic mass is 10.1. The highest BCUT2D eigenvalue weighted by atomic mass is 16.5. The van der Waals surface area contributed by atoms with Crippen LogP contribution >= 0.6 is 0 Å². The monoisotopic (exact) mass is 364 g/mol. The zero-order valence-electron chi connectivity index (χ0n) is 15.2. The van der Waals surface area contributed by atoms with Gasteiger partial charge in [-0.15, -0.1) is 0 Å². The Balaban J connectivity index is 2.03. The lowest BCUT2D eigenvalue weighted by Gasteiger charge is -2.19. The average Bonchev–Trinajstić information content (AvgIpc) is 2.64. The molecule has 0 saturated carbocycles. The topological polar surface area (TPSA) is 81.4 Å². The van der Waals surface area contributed by atoms with Crippen molar-refractivity contribution in [2.45, 2.75) is 27.0 Å². The standard InChI is InChI=1S/C21H20N2O4/c1-14-6-8-17(9-7-14)27-13-18-20(21(25)26)19(24)11-15(2)23(18)12-16-5-3-4-10-22-16/h3-11H,12-13H2,1-2H3,(H,25,26). The summed E-state index contributed by atoms with van der Waals surface area (Å²) in [4.78, 5) is 28.3. The fraction of sp³-hybridized carbons (Fsp3) is 0.190. The van der Waals surface area contributed by atoms with Crippen LogP contribution in [0.1, 0.15) is 33.0 Å². The molecule has 1 aromatic carbocycles. The summed E-state index contributed by atoms with van der Waals surface area (Å²) in [5.41, 5.74) is 2.02. The maximum absolute atomic E-state index is 12.3. The van der Waals surface area contributed by atoms with Crippen LogP contribution in [0, 0.1) is 13.8 Å². The van der Waals surface area contributed by atoms with Gasteiger partial charge in [-0.3, -0.25) is 9.78 Å². The van der Waals surface area contributed by atoms with Crippen molar-refractivity contribution in [3.63, 3.8) is 0 Å². The van der Waals surface area contributed by atoms with E-state index in [1.807, 2.05) is 49.4 Å². The van der Waals surface area contributed by atoms with E-state index in [-0.39, 0.29) is 12.2 Å². The minimum Gasteiger partial charge on any atom is -0.487 e. The first-order valence-electron chi connectivity index (χ1n) is 8.51. The molecule has 3 aromatic rings. The molecule has 2 aromatic heterocycles. The molecule has 0 radical (unpaired) electrons. The number of ether oxygens (including phenoxy) is 1. The van der Waals surface area contributed by atoms with Gasteiger partial charge in [0.05, 0.1) is 17.9 Å². The Labute approximate surface area is 156 Å². The van der Waals surface area contributed by atoms with E-state index in [1.165, 1.54) is 6.07 Å². The van der Waals surface area contributed by atoms with Gasteiger partial charge in [0.15, 0.2) is 5.43 Å². The smallest absolute Gasteiger partial charge is 0.341 e. The summed E-state index contributed by atoms with van der Waals surface area (Å²) in [6.07, 6.45) is 1.67. The van der Waals surface area contributed by atoms with Crippen molar-refractivity contribution >= 4 is 5.97 Å². The van der Waals surface area contributed by atoms with Gasteiger partial charge in [-0.05, 0) is 38.1 Å². The summed E-state index contributed by atoms with van der Waals surface area (Å²) >= 11 is 0. The molecule has 6 nitrogen and oxygen atoms in total. The fourth-order valence-corrected chi connectivity index (χ4v) is 2.87. The Kier molecular flexibility index (Phi) is 5.35. The molecular weight excluding hydrogens is 344 g/mol. The summed E-state index contributed by atoms with van der Waals surface area (Å²) in [5, 5.41) is 9.58. The summed E-state index contributed by atoms with van der Waals surface area (Å²) < 4.78 is 7.55. The van der Waals surface area contributed by atoms with E-state index in [4.69, 9.17) is 4.74 Å². The molecule has 138 valence electrons. The number of carboxylic acid groups (broad SMARTS) is 1. The zero-order valence-corrected chi connectivity index (χ0v) is 15.2. The molecule has 0 spiro atoms. The molecule has 1 N–H and O–H groups in total. The number of hydrogen-bond acceptors (Lipinski definition) is 4. The number of aromatic nitrogens is 2. The van der Waals surface area contributed by atoms with Gasteiger partial charge in [-0.1, -0.05) is 23.8 Å². The SMILES string of the molecule is Cc1ccc(OCc2c(C(=O)O)c(=O)cc(C)n2Cc2ccccn2)cc1. The Hall–Kier alpha value is -3.41. The normalized spacial score (nSPS) is 10.6. The van der Waals surface area contributed by atoms with Crippen LogP contribution in [0.5, 0.6) is 5.75 Å². The maximum Gasteiger partial charge on any atom is 0.341 e. The van der Waals surface area contributed by atoms with Gasteiger partial charge in [0.25, 0.3) is 0 Å². The highest BCUT2D eigenvalue weighted by Crippen LogP contribution is 2.17. The average molecular weight is 364 g/mol. The van der Waals surface area contributed by atoms with Gasteiger partial charge in [-0.25, -0.2) is 4.79 Å². The third kappa shape index (κ3) is 4.23. The molecule has 0 aliphatic carbocycles. The molecule has 6 heteroatoms. The van der Waals surface area contributed by atoms with E-state index in [1.54, 1.807) is 17.7 Å². The second-order valence-electron chi connectivity index (χ2n) is 6.29. The largest absolute Gasteiger partial charge is 0.487 e. The molecule has 0 bridgehead atoms. The van der Waals surface area contributed by atoms with Crippen molar-refractivity contribution in [1.82, 2.24) is 9.55 Å². The predicted octanol–water partition coefficient (Wildman–Crippen LogP) is 3.19. The molecule has 3 rings (SSSR count). The van der Waals surface area contributed by atoms with Crippen LogP contribution in [0.15, 0.2) is 59.5 Å². The molecule has 0 aliphatic rings. The van der Waals surface area contributed by atoms with Crippen molar-refractivity contribution < 1.29 is 14.6 Å². The molecule has 0 amide bonds. The first-order chi connectivity index (χ1) is 13.0. The van der Waals surface area contributed by atoms with Crippen LogP contribution in [-0.2, 0) is 13.2 Å². The van der Waals surface area contributed by atoms with E-state index >= 15 is 0 Å². The molecule has 0 fully saturated rings. The lowest BCUT2D eigenvalue weighted by molar-refractivity contribution is 0.0690. The third-order valence-electron chi connectivity index (χ3n) is 4.28. The Bertz CT molecular complexity index is 1010. The molecule has 0 unspecified atom stereocenters. The highest BCUT2D eigenvalue weighted by molar-refractivity contribution is 5.88. The minimum atomic E-state index is -1.27. The highest BCUT2D eigenvalue weighted by Gasteiger charge is 2.20. The van der Waals surface area contributed by atoms with Gasteiger partial charge in [0, 0.05) is 18.0 Å². The summed E-state index contributed by atoms with van der Waals surface area (Å²) in [5.74, 6) is -0.660. The van der Waals surface area contributed by atoms with E-state index < -0.39 is 11.4 Å². The Morgan fingerprint density at radius 2 is 1.89 bits per heavy atom. The summed E-state index contributed by atoms with van der Waals surface area (Å²) in [6.45, 7) is 4.05. The predicted molar refractivity (Wildman–Crippen MR) is 101 cm³/mol. The van der Waals surface area contributed by atoms with E-state index in [9.17, 15) is 14.7 Å². The van der Waals surface area contributed by atoms with Crippen molar-refractivity contribution in [3.05, 3.63) is 93.2 Å². The van der Waals surface area contributed by atoms with Crippen molar-refractivity contribution in [3.8, 4) is 5.75 Å². The fourth-order valence-electron chi connectivity index (χ4n) is 2.87. The van der Waals surface area contributed by atoms with Crippen LogP contribution in [0.4, 0.5) is 0 Å². The number of carboxylic acids is 1. The number of hydrogen-bond donors (Lipinski definition) is 1. The summed E-state index contributed by atoms with van der Waals surface area (Å²) in [6, 6.07) is 14.3. The molecule has 27 heavy (non-hydrogen) atoms. The Morgan fingerprint density at radius 3 is 2.52 bits per heavy atom. The second-order valence-corrected chi connectivity index (χ2v) is 6.29. The number of carbonyl (C=O) groups is 1. The first kappa shape index (κ1) is 18.4. The molecule has 0 aliphatic heterocycles. The number of benzene rings is 1. The third-order valence-corrected chi connectivity index (χ3v) is 4.28. The number of aryl methyl sites for hydroxylation is 2. The number of pyridine rings is 2. The molecule has 0 atom stereocenters. The zero-order chi connectivity index (χ0) is 19.4. The molecule has 2 heterocycles. The minimum absolute atomic E-state index is 0.0333. The number of rotatable bonds is 6.